The molecule has 1 amide bonds. The Hall–Kier alpha value is -1.47. The van der Waals surface area contributed by atoms with Gasteiger partial charge in [0.1, 0.15) is 5.54 Å². The molecule has 1 saturated heterocycles. The molecular formula is C13H19N3O4. The molecule has 110 valence electrons. The van der Waals surface area contributed by atoms with Gasteiger partial charge in [0.15, 0.2) is 5.82 Å². The molecule has 0 aromatic carbocycles. The summed E-state index contributed by atoms with van der Waals surface area (Å²) in [6, 6.07) is 0. The minimum atomic E-state index is -0.628. The first-order chi connectivity index (χ1) is 9.59. The van der Waals surface area contributed by atoms with E-state index in [1.807, 2.05) is 0 Å². The van der Waals surface area contributed by atoms with Crippen LogP contribution in [0, 0.1) is 12.8 Å². The quantitative estimate of drug-likeness (QED) is 0.825. The summed E-state index contributed by atoms with van der Waals surface area (Å²) in [4.78, 5) is 16.6. The molecule has 0 spiro atoms. The van der Waals surface area contributed by atoms with Gasteiger partial charge in [-0.2, -0.15) is 4.98 Å². The van der Waals surface area contributed by atoms with Crippen molar-refractivity contribution in [2.45, 2.75) is 44.2 Å². The fraction of sp³-hybridized carbons (Fsp3) is 0.769. The van der Waals surface area contributed by atoms with E-state index in [0.717, 1.165) is 0 Å². The van der Waals surface area contributed by atoms with Gasteiger partial charge < -0.3 is 19.7 Å². The number of carbonyl (C=O) groups is 1. The molecule has 2 aliphatic rings. The molecule has 2 N–H and O–H groups in total. The van der Waals surface area contributed by atoms with Gasteiger partial charge in [0.25, 0.3) is 5.89 Å². The number of hydrogen-bond acceptors (Lipinski definition) is 6. The van der Waals surface area contributed by atoms with Gasteiger partial charge in [0, 0.05) is 32.0 Å². The van der Waals surface area contributed by atoms with Gasteiger partial charge in [-0.1, -0.05) is 5.16 Å². The second-order valence-electron chi connectivity index (χ2n) is 5.65. The van der Waals surface area contributed by atoms with Crippen molar-refractivity contribution in [1.29, 1.82) is 0 Å². The SMILES string of the molecule is Cc1noc(C2(NC(=O)C3CC(O)C3)CCOCC2)n1. The first kappa shape index (κ1) is 13.5. The zero-order chi connectivity index (χ0) is 14.2. The monoisotopic (exact) mass is 281 g/mol. The van der Waals surface area contributed by atoms with Crippen LogP contribution in [0.4, 0.5) is 0 Å². The Morgan fingerprint density at radius 1 is 1.40 bits per heavy atom. The smallest absolute Gasteiger partial charge is 0.252 e. The van der Waals surface area contributed by atoms with Crippen LogP contribution in [0.5, 0.6) is 0 Å². The van der Waals surface area contributed by atoms with E-state index in [0.29, 0.717) is 50.6 Å². The molecule has 1 aliphatic heterocycles. The van der Waals surface area contributed by atoms with E-state index in [2.05, 4.69) is 15.5 Å². The lowest BCUT2D eigenvalue weighted by atomic mass is 9.80. The number of ether oxygens (including phenoxy) is 1. The van der Waals surface area contributed by atoms with Crippen molar-refractivity contribution >= 4 is 5.91 Å². The highest BCUT2D eigenvalue weighted by molar-refractivity contribution is 5.80. The Morgan fingerprint density at radius 2 is 2.10 bits per heavy atom. The molecule has 0 unspecified atom stereocenters. The summed E-state index contributed by atoms with van der Waals surface area (Å²) in [6.45, 7) is 2.86. The van der Waals surface area contributed by atoms with Gasteiger partial charge in [0.05, 0.1) is 6.10 Å². The number of aliphatic hydroxyl groups is 1. The lowest BCUT2D eigenvalue weighted by Gasteiger charge is -2.38. The van der Waals surface area contributed by atoms with E-state index in [1.54, 1.807) is 6.92 Å². The van der Waals surface area contributed by atoms with Gasteiger partial charge in [0.2, 0.25) is 5.91 Å². The van der Waals surface area contributed by atoms with Crippen LogP contribution < -0.4 is 5.32 Å². The van der Waals surface area contributed by atoms with Crippen molar-refractivity contribution in [1.82, 2.24) is 15.5 Å². The Kier molecular flexibility index (Phi) is 3.47. The van der Waals surface area contributed by atoms with E-state index >= 15 is 0 Å². The normalized spacial score (nSPS) is 28.7. The Bertz CT molecular complexity index is 490. The second kappa shape index (κ2) is 5.14. The van der Waals surface area contributed by atoms with Crippen LogP contribution in [0.25, 0.3) is 0 Å². The summed E-state index contributed by atoms with van der Waals surface area (Å²) >= 11 is 0. The van der Waals surface area contributed by atoms with E-state index < -0.39 is 5.54 Å². The minimum absolute atomic E-state index is 0.0481. The molecule has 3 rings (SSSR count). The van der Waals surface area contributed by atoms with E-state index in [4.69, 9.17) is 9.26 Å². The third-order valence-electron chi connectivity index (χ3n) is 4.13. The lowest BCUT2D eigenvalue weighted by Crippen LogP contribution is -2.53. The molecule has 0 bridgehead atoms. The number of nitrogens with one attached hydrogen (secondary N) is 1. The average Bonchev–Trinajstić information content (AvgIpc) is 2.83. The zero-order valence-electron chi connectivity index (χ0n) is 11.5. The van der Waals surface area contributed by atoms with Crippen LogP contribution >= 0.6 is 0 Å². The van der Waals surface area contributed by atoms with Crippen molar-refractivity contribution in [2.75, 3.05) is 13.2 Å². The molecule has 1 aliphatic carbocycles. The Labute approximate surface area is 116 Å². The highest BCUT2D eigenvalue weighted by atomic mass is 16.5. The zero-order valence-corrected chi connectivity index (χ0v) is 11.5. The molecule has 0 atom stereocenters. The third kappa shape index (κ3) is 2.43. The summed E-state index contributed by atoms with van der Waals surface area (Å²) in [6.07, 6.45) is 1.95. The maximum Gasteiger partial charge on any atom is 0.252 e. The molecule has 1 saturated carbocycles. The lowest BCUT2D eigenvalue weighted by molar-refractivity contribution is -0.135. The van der Waals surface area contributed by atoms with Crippen molar-refractivity contribution in [2.24, 2.45) is 5.92 Å². The third-order valence-corrected chi connectivity index (χ3v) is 4.13. The first-order valence-corrected chi connectivity index (χ1v) is 6.98. The second-order valence-corrected chi connectivity index (χ2v) is 5.65. The molecule has 2 fully saturated rings. The summed E-state index contributed by atoms with van der Waals surface area (Å²) < 4.78 is 10.7. The summed E-state index contributed by atoms with van der Waals surface area (Å²) in [5.74, 6) is 0.840. The van der Waals surface area contributed by atoms with Crippen LogP contribution in [0.15, 0.2) is 4.52 Å². The highest BCUT2D eigenvalue weighted by Crippen LogP contribution is 2.34. The van der Waals surface area contributed by atoms with Crippen LogP contribution in [0.3, 0.4) is 0 Å². The van der Waals surface area contributed by atoms with Gasteiger partial charge in [-0.25, -0.2) is 0 Å². The van der Waals surface area contributed by atoms with E-state index in [-0.39, 0.29) is 17.9 Å². The number of rotatable bonds is 3. The van der Waals surface area contributed by atoms with Gasteiger partial charge in [-0.05, 0) is 19.8 Å². The molecule has 0 radical (unpaired) electrons. The van der Waals surface area contributed by atoms with Crippen LogP contribution in [-0.2, 0) is 15.1 Å². The van der Waals surface area contributed by atoms with Crippen molar-refractivity contribution in [3.8, 4) is 0 Å². The molecular weight excluding hydrogens is 262 g/mol. The number of hydrogen-bond donors (Lipinski definition) is 2. The molecule has 2 heterocycles. The van der Waals surface area contributed by atoms with Crippen molar-refractivity contribution in [3.05, 3.63) is 11.7 Å². The predicted molar refractivity (Wildman–Crippen MR) is 67.6 cm³/mol. The topological polar surface area (TPSA) is 97.5 Å². The largest absolute Gasteiger partial charge is 0.393 e. The van der Waals surface area contributed by atoms with Crippen molar-refractivity contribution in [3.63, 3.8) is 0 Å². The molecule has 1 aromatic rings. The average molecular weight is 281 g/mol. The van der Waals surface area contributed by atoms with Crippen LogP contribution in [0.2, 0.25) is 0 Å². The number of aryl methyl sites for hydroxylation is 1. The van der Waals surface area contributed by atoms with Gasteiger partial charge in [-0.15, -0.1) is 0 Å². The summed E-state index contributed by atoms with van der Waals surface area (Å²) in [5, 5.41) is 16.2. The van der Waals surface area contributed by atoms with Crippen LogP contribution in [0.1, 0.15) is 37.4 Å². The summed E-state index contributed by atoms with van der Waals surface area (Å²) in [7, 11) is 0. The fourth-order valence-electron chi connectivity index (χ4n) is 2.74. The number of aromatic nitrogens is 2. The number of nitrogens with zero attached hydrogens (tertiary/aromatic N) is 2. The van der Waals surface area contributed by atoms with Crippen molar-refractivity contribution < 1.29 is 19.2 Å². The number of aliphatic hydroxyl groups excluding tert-OH is 1. The standard InChI is InChI=1S/C13H19N3O4/c1-8-14-12(20-16-8)13(2-4-19-5-3-13)15-11(18)9-6-10(17)7-9/h9-10,17H,2-7H2,1H3,(H,15,18). The highest BCUT2D eigenvalue weighted by Gasteiger charge is 2.44. The van der Waals surface area contributed by atoms with Gasteiger partial charge >= 0.3 is 0 Å². The van der Waals surface area contributed by atoms with E-state index in [1.165, 1.54) is 0 Å². The minimum Gasteiger partial charge on any atom is -0.393 e. The first-order valence-electron chi connectivity index (χ1n) is 6.98. The van der Waals surface area contributed by atoms with Crippen LogP contribution in [-0.4, -0.2) is 40.5 Å². The van der Waals surface area contributed by atoms with Gasteiger partial charge in [-0.3, -0.25) is 4.79 Å². The maximum atomic E-state index is 12.3. The maximum absolute atomic E-state index is 12.3. The fourth-order valence-corrected chi connectivity index (χ4v) is 2.74. The summed E-state index contributed by atoms with van der Waals surface area (Å²) in [5.41, 5.74) is -0.628. The predicted octanol–water partition coefficient (Wildman–Crippen LogP) is 0.271. The molecule has 7 heteroatoms. The molecule has 7 nitrogen and oxygen atoms in total. The molecule has 20 heavy (non-hydrogen) atoms. The Morgan fingerprint density at radius 3 is 2.65 bits per heavy atom. The Balaban J connectivity index is 1.77. The number of amides is 1. The number of carbonyl (C=O) groups excluding carboxylic acids is 1. The van der Waals surface area contributed by atoms with E-state index in [9.17, 15) is 9.90 Å². The molecule has 1 aromatic heterocycles.